The predicted octanol–water partition coefficient (Wildman–Crippen LogP) is 2.65. The molecule has 2 amide bonds. The number of nitrogens with two attached hydrogens (primary N) is 1. The zero-order valence-corrected chi connectivity index (χ0v) is 14.7. The second-order valence-corrected chi connectivity index (χ2v) is 6.32. The first-order valence-electron chi connectivity index (χ1n) is 7.50. The Balaban J connectivity index is 1.81. The number of amides is 2. The molecule has 3 aromatic rings. The standard InChI is InChI=1S/C18H15BrN4O2/c19-14-5-3-4-12(8-14)18(25)22-21-9-13-10-23(11-17(20)24)16-7-2-1-6-15(13)16/h1-10H,11H2,(H2,20,24)(H,22,25). The summed E-state index contributed by atoms with van der Waals surface area (Å²) in [6, 6.07) is 14.6. The van der Waals surface area contributed by atoms with Crippen molar-refractivity contribution in [3.8, 4) is 0 Å². The van der Waals surface area contributed by atoms with Gasteiger partial charge >= 0.3 is 0 Å². The van der Waals surface area contributed by atoms with Crippen molar-refractivity contribution in [2.45, 2.75) is 6.54 Å². The quantitative estimate of drug-likeness (QED) is 0.510. The lowest BCUT2D eigenvalue weighted by atomic mass is 10.2. The Labute approximate surface area is 152 Å². The number of carbonyl (C=O) groups is 2. The van der Waals surface area contributed by atoms with Crippen LogP contribution in [0.3, 0.4) is 0 Å². The fraction of sp³-hybridized carbons (Fsp3) is 0.0556. The number of fused-ring (bicyclic) bond motifs is 1. The van der Waals surface area contributed by atoms with Crippen LogP contribution >= 0.6 is 15.9 Å². The van der Waals surface area contributed by atoms with E-state index in [2.05, 4.69) is 26.5 Å². The minimum Gasteiger partial charge on any atom is -0.368 e. The first-order valence-corrected chi connectivity index (χ1v) is 8.29. The molecule has 3 rings (SSSR count). The Kier molecular flexibility index (Phi) is 4.95. The van der Waals surface area contributed by atoms with E-state index >= 15 is 0 Å². The molecule has 0 saturated carbocycles. The van der Waals surface area contributed by atoms with Crippen molar-refractivity contribution in [1.82, 2.24) is 9.99 Å². The number of halogens is 1. The van der Waals surface area contributed by atoms with E-state index in [4.69, 9.17) is 5.73 Å². The summed E-state index contributed by atoms with van der Waals surface area (Å²) in [5, 5.41) is 4.94. The molecule has 0 aliphatic carbocycles. The maximum Gasteiger partial charge on any atom is 0.271 e. The highest BCUT2D eigenvalue weighted by molar-refractivity contribution is 9.10. The molecule has 2 aromatic carbocycles. The van der Waals surface area contributed by atoms with Crippen molar-refractivity contribution in [2.24, 2.45) is 10.8 Å². The van der Waals surface area contributed by atoms with Gasteiger partial charge in [0.05, 0.1) is 6.21 Å². The van der Waals surface area contributed by atoms with Crippen molar-refractivity contribution < 1.29 is 9.59 Å². The number of benzene rings is 2. The smallest absolute Gasteiger partial charge is 0.271 e. The molecule has 1 heterocycles. The lowest BCUT2D eigenvalue weighted by Crippen LogP contribution is -2.18. The van der Waals surface area contributed by atoms with Gasteiger partial charge in [-0.05, 0) is 24.3 Å². The summed E-state index contributed by atoms with van der Waals surface area (Å²) in [4.78, 5) is 23.3. The largest absolute Gasteiger partial charge is 0.368 e. The molecule has 0 unspecified atom stereocenters. The van der Waals surface area contributed by atoms with E-state index in [1.54, 1.807) is 35.2 Å². The molecule has 0 bridgehead atoms. The maximum atomic E-state index is 12.1. The number of rotatable bonds is 5. The van der Waals surface area contributed by atoms with Gasteiger partial charge in [0, 0.05) is 32.7 Å². The Hall–Kier alpha value is -2.93. The molecule has 0 aliphatic rings. The topological polar surface area (TPSA) is 89.5 Å². The van der Waals surface area contributed by atoms with E-state index in [1.807, 2.05) is 30.3 Å². The molecule has 6 nitrogen and oxygen atoms in total. The number of primary amides is 1. The number of hydrogen-bond acceptors (Lipinski definition) is 3. The van der Waals surface area contributed by atoms with Gasteiger partial charge < -0.3 is 10.3 Å². The van der Waals surface area contributed by atoms with E-state index in [0.717, 1.165) is 20.9 Å². The monoisotopic (exact) mass is 398 g/mol. The zero-order chi connectivity index (χ0) is 17.8. The van der Waals surface area contributed by atoms with Gasteiger partial charge in [0.15, 0.2) is 0 Å². The van der Waals surface area contributed by atoms with Crippen LogP contribution in [0.1, 0.15) is 15.9 Å². The minimum atomic E-state index is -0.424. The van der Waals surface area contributed by atoms with Gasteiger partial charge in [0.2, 0.25) is 5.91 Å². The van der Waals surface area contributed by atoms with Crippen LogP contribution in [0.5, 0.6) is 0 Å². The lowest BCUT2D eigenvalue weighted by molar-refractivity contribution is -0.118. The van der Waals surface area contributed by atoms with Gasteiger partial charge in [0.1, 0.15) is 6.54 Å². The van der Waals surface area contributed by atoms with E-state index in [9.17, 15) is 9.59 Å². The molecule has 7 heteroatoms. The third-order valence-electron chi connectivity index (χ3n) is 3.60. The number of para-hydroxylation sites is 1. The molecule has 0 atom stereocenters. The number of nitrogens with zero attached hydrogens (tertiary/aromatic N) is 2. The number of aromatic nitrogens is 1. The SMILES string of the molecule is NC(=O)Cn1cc(C=NNC(=O)c2cccc(Br)c2)c2ccccc21. The van der Waals surface area contributed by atoms with Crippen LogP contribution in [0.25, 0.3) is 10.9 Å². The highest BCUT2D eigenvalue weighted by atomic mass is 79.9. The molecule has 0 spiro atoms. The summed E-state index contributed by atoms with van der Waals surface area (Å²) in [6.07, 6.45) is 3.33. The minimum absolute atomic E-state index is 0.0821. The molecule has 3 N–H and O–H groups in total. The normalized spacial score (nSPS) is 11.1. The molecular weight excluding hydrogens is 384 g/mol. The van der Waals surface area contributed by atoms with E-state index in [-0.39, 0.29) is 12.5 Å². The van der Waals surface area contributed by atoms with E-state index in [0.29, 0.717) is 5.56 Å². The van der Waals surface area contributed by atoms with Crippen LogP contribution in [0.15, 0.2) is 64.3 Å². The molecule has 0 aliphatic heterocycles. The van der Waals surface area contributed by atoms with Crippen molar-refractivity contribution >= 4 is 44.9 Å². The zero-order valence-electron chi connectivity index (χ0n) is 13.1. The average Bonchev–Trinajstić information content (AvgIpc) is 2.92. The summed E-state index contributed by atoms with van der Waals surface area (Å²) in [5.74, 6) is -0.731. The molecule has 0 radical (unpaired) electrons. The van der Waals surface area contributed by atoms with E-state index < -0.39 is 5.91 Å². The fourth-order valence-electron chi connectivity index (χ4n) is 2.53. The summed E-state index contributed by atoms with van der Waals surface area (Å²) < 4.78 is 2.58. The van der Waals surface area contributed by atoms with Crippen LogP contribution in [0, 0.1) is 0 Å². The molecule has 126 valence electrons. The highest BCUT2D eigenvalue weighted by Crippen LogP contribution is 2.19. The van der Waals surface area contributed by atoms with Crippen LogP contribution in [-0.4, -0.2) is 22.6 Å². The Morgan fingerprint density at radius 3 is 2.76 bits per heavy atom. The molecule has 25 heavy (non-hydrogen) atoms. The number of hydrazone groups is 1. The highest BCUT2D eigenvalue weighted by Gasteiger charge is 2.08. The predicted molar refractivity (Wildman–Crippen MR) is 100 cm³/mol. The van der Waals surface area contributed by atoms with Crippen molar-refractivity contribution in [3.05, 3.63) is 70.3 Å². The van der Waals surface area contributed by atoms with Crippen LogP contribution in [0.4, 0.5) is 0 Å². The summed E-state index contributed by atoms with van der Waals surface area (Å²) in [6.45, 7) is 0.0821. The number of carbonyl (C=O) groups excluding carboxylic acids is 2. The number of nitrogens with one attached hydrogen (secondary N) is 1. The first kappa shape index (κ1) is 16.9. The fourth-order valence-corrected chi connectivity index (χ4v) is 2.93. The van der Waals surface area contributed by atoms with E-state index in [1.165, 1.54) is 0 Å². The van der Waals surface area contributed by atoms with Crippen molar-refractivity contribution in [2.75, 3.05) is 0 Å². The van der Waals surface area contributed by atoms with Crippen LogP contribution < -0.4 is 11.2 Å². The Morgan fingerprint density at radius 2 is 2.00 bits per heavy atom. The van der Waals surface area contributed by atoms with Gasteiger partial charge in [-0.15, -0.1) is 0 Å². The average molecular weight is 399 g/mol. The van der Waals surface area contributed by atoms with Crippen LogP contribution in [-0.2, 0) is 11.3 Å². The van der Waals surface area contributed by atoms with Crippen molar-refractivity contribution in [3.63, 3.8) is 0 Å². The second-order valence-electron chi connectivity index (χ2n) is 5.41. The molecule has 1 aromatic heterocycles. The second kappa shape index (κ2) is 7.31. The molecule has 0 saturated heterocycles. The van der Waals surface area contributed by atoms with Gasteiger partial charge in [0.25, 0.3) is 5.91 Å². The summed E-state index contributed by atoms with van der Waals surface area (Å²) in [5.41, 5.74) is 9.95. The Bertz CT molecular complexity index is 978. The number of hydrogen-bond donors (Lipinski definition) is 2. The van der Waals surface area contributed by atoms with Gasteiger partial charge in [-0.1, -0.05) is 40.2 Å². The Morgan fingerprint density at radius 1 is 1.20 bits per heavy atom. The van der Waals surface area contributed by atoms with Crippen LogP contribution in [0.2, 0.25) is 0 Å². The summed E-state index contributed by atoms with van der Waals surface area (Å²) >= 11 is 3.33. The first-order chi connectivity index (χ1) is 12.0. The maximum absolute atomic E-state index is 12.1. The lowest BCUT2D eigenvalue weighted by Gasteiger charge is -2.00. The third-order valence-corrected chi connectivity index (χ3v) is 4.10. The van der Waals surface area contributed by atoms with Gasteiger partial charge in [-0.2, -0.15) is 5.10 Å². The van der Waals surface area contributed by atoms with Gasteiger partial charge in [-0.25, -0.2) is 5.43 Å². The third kappa shape index (κ3) is 3.95. The molecular formula is C18H15BrN4O2. The summed E-state index contributed by atoms with van der Waals surface area (Å²) in [7, 11) is 0. The molecule has 0 fully saturated rings. The van der Waals surface area contributed by atoms with Crippen molar-refractivity contribution in [1.29, 1.82) is 0 Å². The van der Waals surface area contributed by atoms with Gasteiger partial charge in [-0.3, -0.25) is 9.59 Å².